The number of urea groups is 1. The van der Waals surface area contributed by atoms with Gasteiger partial charge in [0.15, 0.2) is 0 Å². The minimum Gasteiger partial charge on any atom is -0.480 e. The van der Waals surface area contributed by atoms with Gasteiger partial charge in [0.05, 0.1) is 0 Å². The van der Waals surface area contributed by atoms with Crippen molar-refractivity contribution in [1.82, 2.24) is 10.2 Å². The summed E-state index contributed by atoms with van der Waals surface area (Å²) in [4.78, 5) is 35.5. The van der Waals surface area contributed by atoms with Gasteiger partial charge in [0, 0.05) is 5.02 Å². The molecule has 6 nitrogen and oxygen atoms in total. The highest BCUT2D eigenvalue weighted by molar-refractivity contribution is 6.31. The van der Waals surface area contributed by atoms with Crippen LogP contribution < -0.4 is 5.32 Å². The molecule has 0 radical (unpaired) electrons. The molecule has 3 amide bonds. The number of carbonyl (C=O) groups is 3. The van der Waals surface area contributed by atoms with E-state index in [0.29, 0.717) is 15.5 Å². The molecule has 0 bridgehead atoms. The summed E-state index contributed by atoms with van der Waals surface area (Å²) in [6.07, 6.45) is 0. The van der Waals surface area contributed by atoms with Crippen LogP contribution in [-0.4, -0.2) is 34.5 Å². The number of rotatable bonds is 3. The van der Waals surface area contributed by atoms with Crippen LogP contribution in [0.15, 0.2) is 18.2 Å². The number of hydrogen-bond donors (Lipinski definition) is 2. The molecule has 0 unspecified atom stereocenters. The zero-order chi connectivity index (χ0) is 15.1. The number of aliphatic carboxylic acids is 1. The predicted octanol–water partition coefficient (Wildman–Crippen LogP) is 1.50. The van der Waals surface area contributed by atoms with Crippen LogP contribution in [0.3, 0.4) is 0 Å². The van der Waals surface area contributed by atoms with E-state index >= 15 is 0 Å². The van der Waals surface area contributed by atoms with Crippen molar-refractivity contribution in [2.45, 2.75) is 19.4 Å². The maximum absolute atomic E-state index is 12.3. The first kappa shape index (κ1) is 14.3. The second-order valence-electron chi connectivity index (χ2n) is 4.80. The number of carbonyl (C=O) groups excluding carboxylic acids is 2. The predicted molar refractivity (Wildman–Crippen MR) is 71.4 cm³/mol. The van der Waals surface area contributed by atoms with E-state index in [4.69, 9.17) is 16.7 Å². The van der Waals surface area contributed by atoms with Crippen LogP contribution >= 0.6 is 11.6 Å². The van der Waals surface area contributed by atoms with Gasteiger partial charge < -0.3 is 10.4 Å². The first-order valence-electron chi connectivity index (χ1n) is 5.88. The molecule has 20 heavy (non-hydrogen) atoms. The summed E-state index contributed by atoms with van der Waals surface area (Å²) < 4.78 is 0. The lowest BCUT2D eigenvalue weighted by molar-refractivity contribution is -0.142. The fourth-order valence-corrected chi connectivity index (χ4v) is 2.24. The number of imide groups is 1. The second kappa shape index (κ2) is 4.79. The molecule has 1 atom stereocenters. The first-order valence-corrected chi connectivity index (χ1v) is 6.26. The fraction of sp³-hybridized carbons (Fsp3) is 0.308. The van der Waals surface area contributed by atoms with E-state index in [1.54, 1.807) is 25.1 Å². The number of aryl methyl sites for hydroxylation is 1. The van der Waals surface area contributed by atoms with E-state index in [9.17, 15) is 14.4 Å². The molecule has 1 aliphatic heterocycles. The molecule has 2 rings (SSSR count). The molecule has 1 aromatic carbocycles. The number of hydrogen-bond acceptors (Lipinski definition) is 3. The fourth-order valence-electron chi connectivity index (χ4n) is 2.13. The molecule has 0 saturated carbocycles. The highest BCUT2D eigenvalue weighted by atomic mass is 35.5. The van der Waals surface area contributed by atoms with Gasteiger partial charge in [-0.05, 0) is 31.0 Å². The van der Waals surface area contributed by atoms with Gasteiger partial charge in [-0.3, -0.25) is 14.5 Å². The normalized spacial score (nSPS) is 22.1. The number of benzene rings is 1. The van der Waals surface area contributed by atoms with Crippen molar-refractivity contribution < 1.29 is 19.5 Å². The van der Waals surface area contributed by atoms with Crippen molar-refractivity contribution in [3.63, 3.8) is 0 Å². The summed E-state index contributed by atoms with van der Waals surface area (Å²) in [7, 11) is 0. The molecular weight excluding hydrogens is 284 g/mol. The number of carboxylic acid groups (broad SMARTS) is 1. The number of amides is 3. The van der Waals surface area contributed by atoms with Crippen molar-refractivity contribution in [2.24, 2.45) is 0 Å². The Hall–Kier alpha value is -2.08. The summed E-state index contributed by atoms with van der Waals surface area (Å²) in [6.45, 7) is 2.66. The Labute approximate surface area is 120 Å². The number of halogens is 1. The maximum atomic E-state index is 12.3. The van der Waals surface area contributed by atoms with Gasteiger partial charge in [-0.1, -0.05) is 23.7 Å². The monoisotopic (exact) mass is 296 g/mol. The van der Waals surface area contributed by atoms with Crippen LogP contribution in [-0.2, 0) is 15.1 Å². The zero-order valence-corrected chi connectivity index (χ0v) is 11.7. The Morgan fingerprint density at radius 1 is 1.45 bits per heavy atom. The average molecular weight is 297 g/mol. The van der Waals surface area contributed by atoms with Gasteiger partial charge in [-0.15, -0.1) is 0 Å². The third kappa shape index (κ3) is 2.22. The lowest BCUT2D eigenvalue weighted by Gasteiger charge is -2.22. The average Bonchev–Trinajstić information content (AvgIpc) is 2.57. The molecule has 1 heterocycles. The van der Waals surface area contributed by atoms with Gasteiger partial charge in [-0.2, -0.15) is 0 Å². The summed E-state index contributed by atoms with van der Waals surface area (Å²) in [5.41, 5.74) is 0.0526. The van der Waals surface area contributed by atoms with Crippen LogP contribution in [0, 0.1) is 6.92 Å². The minimum atomic E-state index is -1.28. The van der Waals surface area contributed by atoms with Gasteiger partial charge >= 0.3 is 12.0 Å². The standard InChI is InChI=1S/C13H13ClN2O4/c1-7-5-8(3-4-9(7)14)13(2)11(19)16(6-10(17)18)12(20)15-13/h3-5H,6H2,1-2H3,(H,15,20)(H,17,18)/t13-/m1/s1. The number of carboxylic acids is 1. The smallest absolute Gasteiger partial charge is 0.325 e. The van der Waals surface area contributed by atoms with Crippen molar-refractivity contribution in [3.8, 4) is 0 Å². The molecule has 106 valence electrons. The van der Waals surface area contributed by atoms with Crippen LogP contribution in [0.2, 0.25) is 5.02 Å². The van der Waals surface area contributed by atoms with Crippen LogP contribution in [0.25, 0.3) is 0 Å². The molecule has 1 fully saturated rings. The van der Waals surface area contributed by atoms with E-state index < -0.39 is 30.0 Å². The maximum Gasteiger partial charge on any atom is 0.325 e. The van der Waals surface area contributed by atoms with Crippen LogP contribution in [0.4, 0.5) is 4.79 Å². The molecular formula is C13H13ClN2O4. The van der Waals surface area contributed by atoms with E-state index in [0.717, 1.165) is 5.56 Å². The van der Waals surface area contributed by atoms with E-state index in [1.165, 1.54) is 6.92 Å². The van der Waals surface area contributed by atoms with Crippen molar-refractivity contribution in [3.05, 3.63) is 34.3 Å². The summed E-state index contributed by atoms with van der Waals surface area (Å²) in [5, 5.41) is 11.8. The van der Waals surface area contributed by atoms with Gasteiger partial charge in [0.25, 0.3) is 5.91 Å². The third-order valence-electron chi connectivity index (χ3n) is 3.30. The van der Waals surface area contributed by atoms with Crippen molar-refractivity contribution in [1.29, 1.82) is 0 Å². The Morgan fingerprint density at radius 3 is 2.65 bits per heavy atom. The molecule has 1 saturated heterocycles. The number of nitrogens with zero attached hydrogens (tertiary/aromatic N) is 1. The Kier molecular flexibility index (Phi) is 3.43. The molecule has 0 aliphatic carbocycles. The molecule has 2 N–H and O–H groups in total. The van der Waals surface area contributed by atoms with E-state index in [-0.39, 0.29) is 0 Å². The Balaban J connectivity index is 2.40. The first-order chi connectivity index (χ1) is 9.25. The van der Waals surface area contributed by atoms with Gasteiger partial charge in [0.2, 0.25) is 0 Å². The Morgan fingerprint density at radius 2 is 2.10 bits per heavy atom. The summed E-state index contributed by atoms with van der Waals surface area (Å²) in [5.74, 6) is -1.84. The lowest BCUT2D eigenvalue weighted by atomic mass is 9.91. The Bertz CT molecular complexity index is 616. The van der Waals surface area contributed by atoms with Gasteiger partial charge in [0.1, 0.15) is 12.1 Å². The number of nitrogens with one attached hydrogen (secondary N) is 1. The van der Waals surface area contributed by atoms with Crippen molar-refractivity contribution in [2.75, 3.05) is 6.54 Å². The molecule has 1 aromatic rings. The second-order valence-corrected chi connectivity index (χ2v) is 5.21. The lowest BCUT2D eigenvalue weighted by Crippen LogP contribution is -2.41. The summed E-state index contributed by atoms with van der Waals surface area (Å²) in [6, 6.07) is 4.26. The van der Waals surface area contributed by atoms with E-state index in [2.05, 4.69) is 5.32 Å². The highest BCUT2D eigenvalue weighted by Gasteiger charge is 2.49. The van der Waals surface area contributed by atoms with Crippen LogP contribution in [0.5, 0.6) is 0 Å². The molecule has 1 aliphatic rings. The summed E-state index contributed by atoms with van der Waals surface area (Å²) >= 11 is 5.93. The molecule has 0 spiro atoms. The molecule has 0 aromatic heterocycles. The molecule has 7 heteroatoms. The topological polar surface area (TPSA) is 86.7 Å². The minimum absolute atomic E-state index is 0.552. The van der Waals surface area contributed by atoms with Crippen molar-refractivity contribution >= 4 is 29.5 Å². The van der Waals surface area contributed by atoms with Gasteiger partial charge in [-0.25, -0.2) is 4.79 Å². The SMILES string of the molecule is Cc1cc([C@@]2(C)NC(=O)N(CC(=O)O)C2=O)ccc1Cl. The quantitative estimate of drug-likeness (QED) is 0.828. The largest absolute Gasteiger partial charge is 0.480 e. The van der Waals surface area contributed by atoms with Crippen LogP contribution in [0.1, 0.15) is 18.1 Å². The third-order valence-corrected chi connectivity index (χ3v) is 3.73. The highest BCUT2D eigenvalue weighted by Crippen LogP contribution is 2.30. The zero-order valence-electron chi connectivity index (χ0n) is 10.9. The van der Waals surface area contributed by atoms with E-state index in [1.807, 2.05) is 0 Å².